The van der Waals surface area contributed by atoms with Crippen molar-refractivity contribution in [2.75, 3.05) is 42.3 Å². The highest BCUT2D eigenvalue weighted by Gasteiger charge is 2.28. The lowest BCUT2D eigenvalue weighted by molar-refractivity contribution is 0.474. The molecule has 0 saturated carbocycles. The van der Waals surface area contributed by atoms with Gasteiger partial charge in [0.2, 0.25) is 0 Å². The molecule has 0 fully saturated rings. The number of hydrogen-bond donors (Lipinski definition) is 0. The monoisotopic (exact) mass is 304 g/mol. The molecule has 0 aliphatic rings. The molecule has 2 aromatic carbocycles. The van der Waals surface area contributed by atoms with Crippen LogP contribution in [0.5, 0.6) is 0 Å². The minimum Gasteiger partial charge on any atom is -0.252 e. The van der Waals surface area contributed by atoms with Crippen LogP contribution in [-0.2, 0) is 0 Å². The summed E-state index contributed by atoms with van der Waals surface area (Å²) >= 11 is 0. The van der Waals surface area contributed by atoms with Gasteiger partial charge in [0.05, 0.1) is 5.69 Å². The van der Waals surface area contributed by atoms with Gasteiger partial charge in [0.15, 0.2) is 7.51 Å². The normalized spacial score (nSPS) is 12.6. The van der Waals surface area contributed by atoms with Gasteiger partial charge in [-0.15, -0.1) is 0 Å². The molecule has 0 atom stereocenters. The van der Waals surface area contributed by atoms with E-state index >= 15 is 0 Å². The van der Waals surface area contributed by atoms with Crippen molar-refractivity contribution < 1.29 is 0 Å². The van der Waals surface area contributed by atoms with Crippen molar-refractivity contribution in [2.45, 2.75) is 0 Å². The zero-order valence-electron chi connectivity index (χ0n) is 13.8. The molecule has 0 aromatic heterocycles. The molecule has 0 N–H and O–H groups in total. The van der Waals surface area contributed by atoms with Gasteiger partial charge in [-0.2, -0.15) is 0 Å². The van der Waals surface area contributed by atoms with E-state index in [9.17, 15) is 0 Å². The van der Waals surface area contributed by atoms with Gasteiger partial charge in [-0.05, 0) is 53.7 Å². The van der Waals surface area contributed by atoms with Crippen LogP contribution in [0.2, 0.25) is 0 Å². The molecule has 0 aliphatic heterocycles. The Balaban J connectivity index is 2.77. The smallest absolute Gasteiger partial charge is 0.171 e. The predicted octanol–water partition coefficient (Wildman–Crippen LogP) is 4.10. The first kappa shape index (κ1) is 16.2. The van der Waals surface area contributed by atoms with Crippen LogP contribution in [0.15, 0.2) is 47.2 Å². The van der Waals surface area contributed by atoms with Crippen molar-refractivity contribution in [3.8, 4) is 0 Å². The molecule has 0 heterocycles. The number of nitrogens with zero attached hydrogens (tertiary/aromatic N) is 4. The molecule has 0 aliphatic carbocycles. The van der Waals surface area contributed by atoms with Gasteiger partial charge >= 0.3 is 0 Å². The van der Waals surface area contributed by atoms with Gasteiger partial charge in [0.25, 0.3) is 0 Å². The summed E-state index contributed by atoms with van der Waals surface area (Å²) in [6.07, 6.45) is 0. The quantitative estimate of drug-likeness (QED) is 0.794. The van der Waals surface area contributed by atoms with Gasteiger partial charge in [0.1, 0.15) is 0 Å². The summed E-state index contributed by atoms with van der Waals surface area (Å²) in [6.45, 7) is 0. The summed E-state index contributed by atoms with van der Waals surface area (Å²) in [4.78, 5) is 0. The van der Waals surface area contributed by atoms with Crippen LogP contribution in [0.4, 0.5) is 5.69 Å². The zero-order valence-corrected chi connectivity index (χ0v) is 14.7. The third kappa shape index (κ3) is 2.90. The Labute approximate surface area is 128 Å². The molecule has 0 saturated heterocycles. The molecule has 0 amide bonds. The van der Waals surface area contributed by atoms with Crippen LogP contribution >= 0.6 is 7.51 Å². The Morgan fingerprint density at radius 3 is 1.81 bits per heavy atom. The SMILES string of the molecule is CN(C)P(=Nc1cccc2ccccc12)(N(C)C)N(C)C. The number of hydrogen-bond acceptors (Lipinski definition) is 1. The molecule has 5 heteroatoms. The highest BCUT2D eigenvalue weighted by atomic mass is 31.2. The van der Waals surface area contributed by atoms with E-state index in [1.54, 1.807) is 0 Å². The molecule has 0 unspecified atom stereocenters. The van der Waals surface area contributed by atoms with Crippen molar-refractivity contribution in [3.63, 3.8) is 0 Å². The van der Waals surface area contributed by atoms with Crippen LogP contribution in [0.25, 0.3) is 10.8 Å². The molecule has 0 radical (unpaired) electrons. The van der Waals surface area contributed by atoms with E-state index in [0.717, 1.165) is 5.69 Å². The molecule has 0 bridgehead atoms. The molecule has 2 rings (SSSR count). The molecule has 4 nitrogen and oxygen atoms in total. The first-order chi connectivity index (χ1) is 9.89. The molecule has 114 valence electrons. The van der Waals surface area contributed by atoms with E-state index < -0.39 is 7.51 Å². The summed E-state index contributed by atoms with van der Waals surface area (Å²) in [5.41, 5.74) is 1.05. The first-order valence-electron chi connectivity index (χ1n) is 7.03. The van der Waals surface area contributed by atoms with E-state index in [-0.39, 0.29) is 0 Å². The lowest BCUT2D eigenvalue weighted by Crippen LogP contribution is -2.30. The highest BCUT2D eigenvalue weighted by molar-refractivity contribution is 7.59. The van der Waals surface area contributed by atoms with Gasteiger partial charge in [-0.25, -0.2) is 4.74 Å². The van der Waals surface area contributed by atoms with Gasteiger partial charge in [0, 0.05) is 5.39 Å². The standard InChI is InChI=1S/C16H25N4P/c1-18(2)21(19(3)4,20(5)6)17-16-13-9-11-14-10-7-8-12-15(14)16/h7-13H,1-6H3. The summed E-state index contributed by atoms with van der Waals surface area (Å²) in [6, 6.07) is 14.7. The largest absolute Gasteiger partial charge is 0.252 e. The van der Waals surface area contributed by atoms with Crippen molar-refractivity contribution in [1.82, 2.24) is 14.0 Å². The highest BCUT2D eigenvalue weighted by Crippen LogP contribution is 2.57. The van der Waals surface area contributed by atoms with Crippen LogP contribution in [0.3, 0.4) is 0 Å². The third-order valence-corrected chi connectivity index (χ3v) is 7.32. The predicted molar refractivity (Wildman–Crippen MR) is 94.0 cm³/mol. The molecular weight excluding hydrogens is 279 g/mol. The van der Waals surface area contributed by atoms with Gasteiger partial charge < -0.3 is 0 Å². The minimum absolute atomic E-state index is 1.05. The Morgan fingerprint density at radius 2 is 1.24 bits per heavy atom. The minimum atomic E-state index is -1.91. The van der Waals surface area contributed by atoms with Crippen LogP contribution < -0.4 is 0 Å². The Morgan fingerprint density at radius 1 is 0.714 bits per heavy atom. The average Bonchev–Trinajstić information content (AvgIpc) is 2.43. The van der Waals surface area contributed by atoms with Crippen molar-refractivity contribution in [1.29, 1.82) is 0 Å². The molecule has 21 heavy (non-hydrogen) atoms. The lowest BCUT2D eigenvalue weighted by Gasteiger charge is -2.41. The fourth-order valence-electron chi connectivity index (χ4n) is 2.78. The van der Waals surface area contributed by atoms with Crippen molar-refractivity contribution in [3.05, 3.63) is 42.5 Å². The van der Waals surface area contributed by atoms with E-state index in [1.807, 2.05) is 0 Å². The Hall–Kier alpha value is -1.19. The van der Waals surface area contributed by atoms with Gasteiger partial charge in [-0.3, -0.25) is 14.0 Å². The second kappa shape index (κ2) is 6.29. The topological polar surface area (TPSA) is 22.1 Å². The lowest BCUT2D eigenvalue weighted by atomic mass is 10.1. The maximum atomic E-state index is 5.21. The fraction of sp³-hybridized carbons (Fsp3) is 0.375. The Kier molecular flexibility index (Phi) is 4.84. The van der Waals surface area contributed by atoms with Crippen LogP contribution in [-0.4, -0.2) is 56.3 Å². The summed E-state index contributed by atoms with van der Waals surface area (Å²) in [5.74, 6) is 0. The third-order valence-electron chi connectivity index (χ3n) is 3.62. The first-order valence-corrected chi connectivity index (χ1v) is 8.63. The summed E-state index contributed by atoms with van der Waals surface area (Å²) < 4.78 is 11.9. The van der Waals surface area contributed by atoms with E-state index in [4.69, 9.17) is 4.74 Å². The number of fused-ring (bicyclic) bond motifs is 1. The summed E-state index contributed by atoms with van der Waals surface area (Å²) in [7, 11) is 10.7. The molecular formula is C16H25N4P. The van der Waals surface area contributed by atoms with Crippen LogP contribution in [0, 0.1) is 0 Å². The maximum Gasteiger partial charge on any atom is 0.171 e. The van der Waals surface area contributed by atoms with Crippen molar-refractivity contribution >= 4 is 24.0 Å². The van der Waals surface area contributed by atoms with E-state index in [0.29, 0.717) is 0 Å². The van der Waals surface area contributed by atoms with Gasteiger partial charge in [-0.1, -0.05) is 36.4 Å². The molecule has 0 spiro atoms. The van der Waals surface area contributed by atoms with E-state index in [2.05, 4.69) is 98.8 Å². The molecule has 2 aromatic rings. The number of rotatable bonds is 4. The second-order valence-corrected chi connectivity index (χ2v) is 9.35. The maximum absolute atomic E-state index is 5.21. The zero-order chi connectivity index (χ0) is 15.6. The van der Waals surface area contributed by atoms with E-state index in [1.165, 1.54) is 10.8 Å². The van der Waals surface area contributed by atoms with Crippen LogP contribution in [0.1, 0.15) is 0 Å². The average molecular weight is 304 g/mol. The summed E-state index contributed by atoms with van der Waals surface area (Å²) in [5, 5.41) is 2.43. The number of benzene rings is 2. The van der Waals surface area contributed by atoms with Crippen molar-refractivity contribution in [2.24, 2.45) is 4.74 Å². The fourth-order valence-corrected chi connectivity index (χ4v) is 5.93. The second-order valence-electron chi connectivity index (χ2n) is 5.68. The Bertz CT molecular complexity index is 643.